The highest BCUT2D eigenvalue weighted by Gasteiger charge is 2.26. The zero-order chi connectivity index (χ0) is 20.7. The van der Waals surface area contributed by atoms with E-state index in [-0.39, 0.29) is 16.5 Å². The fourth-order valence-corrected chi connectivity index (χ4v) is 3.95. The van der Waals surface area contributed by atoms with Gasteiger partial charge in [0.2, 0.25) is 0 Å². The molecule has 2 aromatic heterocycles. The van der Waals surface area contributed by atoms with Crippen LogP contribution in [0, 0.1) is 0 Å². The Morgan fingerprint density at radius 3 is 2.70 bits per heavy atom. The molecule has 1 aliphatic heterocycles. The van der Waals surface area contributed by atoms with Crippen LogP contribution >= 0.6 is 11.6 Å². The Hall–Kier alpha value is -3.29. The number of hydrogen-bond acceptors (Lipinski definition) is 6. The van der Waals surface area contributed by atoms with Gasteiger partial charge in [0.05, 0.1) is 22.6 Å². The van der Waals surface area contributed by atoms with Crippen molar-refractivity contribution in [1.82, 2.24) is 19.6 Å². The molecule has 30 heavy (non-hydrogen) atoms. The van der Waals surface area contributed by atoms with Gasteiger partial charge < -0.3 is 19.3 Å². The third-order valence-corrected chi connectivity index (χ3v) is 5.67. The molecule has 0 saturated heterocycles. The van der Waals surface area contributed by atoms with Gasteiger partial charge in [-0.25, -0.2) is 4.98 Å². The maximum atomic E-state index is 10.3. The standard InChI is InChI=1S/C22H19ClN4O3/c23-18-9-16(20(28)10-21(18)29)22-17-12-26(7-5-19(17)25-30-22)11-14-1-3-15(4-2-14)27-8-6-24-13-27/h1-4,6,8-10,13,28-29H,5,7,11-12H2. The van der Waals surface area contributed by atoms with E-state index in [1.165, 1.54) is 17.7 Å². The third kappa shape index (κ3) is 3.42. The van der Waals surface area contributed by atoms with Crippen LogP contribution in [0.1, 0.15) is 16.8 Å². The molecule has 152 valence electrons. The zero-order valence-corrected chi connectivity index (χ0v) is 16.8. The number of imidazole rings is 1. The van der Waals surface area contributed by atoms with Gasteiger partial charge in [-0.3, -0.25) is 4.90 Å². The molecule has 0 saturated carbocycles. The van der Waals surface area contributed by atoms with Crippen LogP contribution in [0.5, 0.6) is 11.5 Å². The molecule has 0 spiro atoms. The summed E-state index contributed by atoms with van der Waals surface area (Å²) in [7, 11) is 0. The van der Waals surface area contributed by atoms with Crippen molar-refractivity contribution >= 4 is 11.6 Å². The Labute approximate surface area is 177 Å². The van der Waals surface area contributed by atoms with Crippen molar-refractivity contribution in [3.05, 3.63) is 77.0 Å². The molecule has 0 aliphatic carbocycles. The summed E-state index contributed by atoms with van der Waals surface area (Å²) in [5, 5.41) is 24.3. The number of rotatable bonds is 4. The largest absolute Gasteiger partial charge is 0.507 e. The SMILES string of the molecule is Oc1cc(O)c(-c2onc3c2CN(Cc2ccc(-n4ccnc4)cc2)CC3)cc1Cl. The fraction of sp³-hybridized carbons (Fsp3) is 0.182. The lowest BCUT2D eigenvalue weighted by molar-refractivity contribution is 0.245. The Morgan fingerprint density at radius 1 is 1.10 bits per heavy atom. The summed E-state index contributed by atoms with van der Waals surface area (Å²) in [6.07, 6.45) is 6.21. The molecule has 4 aromatic rings. The topological polar surface area (TPSA) is 87.5 Å². The van der Waals surface area contributed by atoms with Gasteiger partial charge in [-0.1, -0.05) is 28.9 Å². The summed E-state index contributed by atoms with van der Waals surface area (Å²) >= 11 is 6.03. The molecule has 0 fully saturated rings. The molecule has 0 radical (unpaired) electrons. The van der Waals surface area contributed by atoms with Crippen molar-refractivity contribution in [2.45, 2.75) is 19.5 Å². The summed E-state index contributed by atoms with van der Waals surface area (Å²) in [5.74, 6) is 0.222. The van der Waals surface area contributed by atoms with E-state index in [0.29, 0.717) is 17.9 Å². The molecule has 5 rings (SSSR count). The van der Waals surface area contributed by atoms with E-state index in [0.717, 1.165) is 36.5 Å². The Kier molecular flexibility index (Phi) is 4.69. The van der Waals surface area contributed by atoms with Crippen LogP contribution in [-0.4, -0.2) is 36.4 Å². The minimum Gasteiger partial charge on any atom is -0.507 e. The van der Waals surface area contributed by atoms with Crippen LogP contribution in [-0.2, 0) is 19.5 Å². The smallest absolute Gasteiger partial charge is 0.175 e. The van der Waals surface area contributed by atoms with Crippen LogP contribution in [0.4, 0.5) is 0 Å². The van der Waals surface area contributed by atoms with Gasteiger partial charge >= 0.3 is 0 Å². The molecule has 8 heteroatoms. The van der Waals surface area contributed by atoms with Crippen molar-refractivity contribution in [2.24, 2.45) is 0 Å². The first-order valence-corrected chi connectivity index (χ1v) is 9.95. The minimum atomic E-state index is -0.174. The monoisotopic (exact) mass is 422 g/mol. The molecule has 7 nitrogen and oxygen atoms in total. The molecule has 3 heterocycles. The molecule has 2 N–H and O–H groups in total. The fourth-order valence-electron chi connectivity index (χ4n) is 3.79. The molecule has 0 bridgehead atoms. The van der Waals surface area contributed by atoms with Crippen LogP contribution in [0.15, 0.2) is 59.6 Å². The Bertz CT molecular complexity index is 1190. The van der Waals surface area contributed by atoms with E-state index < -0.39 is 0 Å². The second-order valence-corrected chi connectivity index (χ2v) is 7.76. The van der Waals surface area contributed by atoms with E-state index >= 15 is 0 Å². The average molecular weight is 423 g/mol. The number of halogens is 1. The number of hydrogen-bond donors (Lipinski definition) is 2. The molecule has 1 aliphatic rings. The second-order valence-electron chi connectivity index (χ2n) is 7.35. The first-order valence-electron chi connectivity index (χ1n) is 9.57. The first-order chi connectivity index (χ1) is 14.6. The van der Waals surface area contributed by atoms with Crippen molar-refractivity contribution in [3.63, 3.8) is 0 Å². The van der Waals surface area contributed by atoms with Crippen LogP contribution in [0.2, 0.25) is 5.02 Å². The van der Waals surface area contributed by atoms with Crippen molar-refractivity contribution in [3.8, 4) is 28.5 Å². The van der Waals surface area contributed by atoms with Crippen molar-refractivity contribution in [2.75, 3.05) is 6.54 Å². The molecular formula is C22H19ClN4O3. The van der Waals surface area contributed by atoms with E-state index in [2.05, 4.69) is 39.3 Å². The van der Waals surface area contributed by atoms with Crippen molar-refractivity contribution < 1.29 is 14.7 Å². The van der Waals surface area contributed by atoms with Gasteiger partial charge in [-0.05, 0) is 23.8 Å². The van der Waals surface area contributed by atoms with Gasteiger partial charge in [-0.15, -0.1) is 0 Å². The maximum Gasteiger partial charge on any atom is 0.175 e. The summed E-state index contributed by atoms with van der Waals surface area (Å²) in [6, 6.07) is 11.1. The lowest BCUT2D eigenvalue weighted by Crippen LogP contribution is -2.30. The predicted molar refractivity (Wildman–Crippen MR) is 112 cm³/mol. The van der Waals surface area contributed by atoms with Crippen LogP contribution in [0.25, 0.3) is 17.0 Å². The number of aromatic hydroxyl groups is 2. The number of aromatic nitrogens is 3. The minimum absolute atomic E-state index is 0.0944. The third-order valence-electron chi connectivity index (χ3n) is 5.37. The number of phenols is 2. The summed E-state index contributed by atoms with van der Waals surface area (Å²) in [6.45, 7) is 2.30. The van der Waals surface area contributed by atoms with Crippen molar-refractivity contribution in [1.29, 1.82) is 0 Å². The molecule has 0 amide bonds. The van der Waals surface area contributed by atoms with E-state index in [9.17, 15) is 10.2 Å². The maximum absolute atomic E-state index is 10.3. The zero-order valence-electron chi connectivity index (χ0n) is 16.0. The quantitative estimate of drug-likeness (QED) is 0.513. The molecule has 0 atom stereocenters. The van der Waals surface area contributed by atoms with Crippen LogP contribution < -0.4 is 0 Å². The Morgan fingerprint density at radius 2 is 1.93 bits per heavy atom. The summed E-state index contributed by atoms with van der Waals surface area (Å²) in [4.78, 5) is 6.39. The van der Waals surface area contributed by atoms with Gasteiger partial charge in [0, 0.05) is 55.8 Å². The highest BCUT2D eigenvalue weighted by atomic mass is 35.5. The normalized spacial score (nSPS) is 14.0. The lowest BCUT2D eigenvalue weighted by atomic mass is 10.0. The first kappa shape index (κ1) is 18.7. The molecular weight excluding hydrogens is 404 g/mol. The number of nitrogens with zero attached hydrogens (tertiary/aromatic N) is 4. The van der Waals surface area contributed by atoms with Gasteiger partial charge in [0.25, 0.3) is 0 Å². The average Bonchev–Trinajstić information content (AvgIpc) is 3.41. The Balaban J connectivity index is 1.37. The number of benzene rings is 2. The molecule has 0 unspecified atom stereocenters. The number of phenolic OH excluding ortho intramolecular Hbond substituents is 2. The van der Waals surface area contributed by atoms with Gasteiger partial charge in [0.1, 0.15) is 11.5 Å². The summed E-state index contributed by atoms with van der Waals surface area (Å²) < 4.78 is 7.52. The van der Waals surface area contributed by atoms with Crippen LogP contribution in [0.3, 0.4) is 0 Å². The van der Waals surface area contributed by atoms with Gasteiger partial charge in [-0.2, -0.15) is 0 Å². The predicted octanol–water partition coefficient (Wildman–Crippen LogP) is 4.15. The lowest BCUT2D eigenvalue weighted by Gasteiger charge is -2.26. The van der Waals surface area contributed by atoms with E-state index in [1.54, 1.807) is 12.5 Å². The van der Waals surface area contributed by atoms with E-state index in [4.69, 9.17) is 16.1 Å². The molecule has 2 aromatic carbocycles. The second kappa shape index (κ2) is 7.51. The van der Waals surface area contributed by atoms with Gasteiger partial charge in [0.15, 0.2) is 5.76 Å². The number of fused-ring (bicyclic) bond motifs is 1. The summed E-state index contributed by atoms with van der Waals surface area (Å²) in [5.41, 5.74) is 4.53. The highest BCUT2D eigenvalue weighted by Crippen LogP contribution is 2.40. The highest BCUT2D eigenvalue weighted by molar-refractivity contribution is 6.32. The van der Waals surface area contributed by atoms with E-state index in [1.807, 2.05) is 10.8 Å².